The van der Waals surface area contributed by atoms with Crippen molar-refractivity contribution in [2.24, 2.45) is 19.2 Å². The summed E-state index contributed by atoms with van der Waals surface area (Å²) in [6.45, 7) is 1.89. The number of carbonyl (C=O) groups is 1. The zero-order chi connectivity index (χ0) is 20.1. The van der Waals surface area contributed by atoms with Crippen LogP contribution in [0, 0.1) is 18.3 Å². The van der Waals surface area contributed by atoms with Gasteiger partial charge in [0.2, 0.25) is 0 Å². The van der Waals surface area contributed by atoms with Gasteiger partial charge in [0.25, 0.3) is 5.91 Å². The summed E-state index contributed by atoms with van der Waals surface area (Å²) >= 11 is 1.58. The summed E-state index contributed by atoms with van der Waals surface area (Å²) in [4.78, 5) is 12.2. The van der Waals surface area contributed by atoms with E-state index in [2.05, 4.69) is 26.8 Å². The molecule has 28 heavy (non-hydrogen) atoms. The summed E-state index contributed by atoms with van der Waals surface area (Å²) in [6, 6.07) is 11.2. The molecular weight excluding hydrogens is 374 g/mol. The Kier molecular flexibility index (Phi) is 5.91. The molecular formula is C19H19N7OS. The minimum atomic E-state index is -0.294. The predicted molar refractivity (Wildman–Crippen MR) is 107 cm³/mol. The molecule has 0 fully saturated rings. The van der Waals surface area contributed by atoms with Crippen LogP contribution in [0.1, 0.15) is 32.9 Å². The number of hydrogen-bond donors (Lipinski definition) is 1. The number of hydrazone groups is 1. The Morgan fingerprint density at radius 1 is 1.36 bits per heavy atom. The molecule has 0 unspecified atom stereocenters. The summed E-state index contributed by atoms with van der Waals surface area (Å²) in [5, 5.41) is 21.8. The van der Waals surface area contributed by atoms with Gasteiger partial charge in [0.05, 0.1) is 6.21 Å². The fourth-order valence-corrected chi connectivity index (χ4v) is 3.33. The normalized spacial score (nSPS) is 10.9. The Bertz CT molecular complexity index is 1060. The maximum atomic E-state index is 12.2. The maximum absolute atomic E-state index is 12.2. The van der Waals surface area contributed by atoms with E-state index < -0.39 is 0 Å². The SMILES string of the molecule is Cc1c(/C=N\NC(=O)c2ccc(CSc3nncn3C)cc2)cc(C#N)n1C. The van der Waals surface area contributed by atoms with E-state index in [1.54, 1.807) is 47.1 Å². The van der Waals surface area contributed by atoms with E-state index in [-0.39, 0.29) is 5.91 Å². The van der Waals surface area contributed by atoms with E-state index in [4.69, 9.17) is 5.26 Å². The molecule has 2 aromatic heterocycles. The van der Waals surface area contributed by atoms with Crippen LogP contribution < -0.4 is 5.43 Å². The average Bonchev–Trinajstić information content (AvgIpc) is 3.24. The second-order valence-electron chi connectivity index (χ2n) is 6.15. The van der Waals surface area contributed by atoms with Crippen molar-refractivity contribution in [3.63, 3.8) is 0 Å². The van der Waals surface area contributed by atoms with Gasteiger partial charge in [0.15, 0.2) is 5.16 Å². The highest BCUT2D eigenvalue weighted by Crippen LogP contribution is 2.20. The number of hydrogen-bond acceptors (Lipinski definition) is 6. The van der Waals surface area contributed by atoms with Crippen LogP contribution in [-0.4, -0.2) is 31.5 Å². The van der Waals surface area contributed by atoms with Crippen LogP contribution in [0.2, 0.25) is 0 Å². The standard InChI is InChI=1S/C19H19N7OS/c1-13-16(8-17(9-20)26(13)3)10-21-23-18(27)15-6-4-14(5-7-15)11-28-19-24-22-12-25(19)2/h4-8,10,12H,11H2,1-3H3,(H,23,27)/b21-10-. The lowest BCUT2D eigenvalue weighted by Crippen LogP contribution is -2.17. The fourth-order valence-electron chi connectivity index (χ4n) is 2.49. The first kappa shape index (κ1) is 19.4. The molecule has 1 aromatic carbocycles. The maximum Gasteiger partial charge on any atom is 0.271 e. The highest BCUT2D eigenvalue weighted by molar-refractivity contribution is 7.98. The van der Waals surface area contributed by atoms with Crippen molar-refractivity contribution in [2.45, 2.75) is 17.8 Å². The summed E-state index contributed by atoms with van der Waals surface area (Å²) in [5.74, 6) is 0.444. The van der Waals surface area contributed by atoms with Crippen LogP contribution in [0.4, 0.5) is 0 Å². The van der Waals surface area contributed by atoms with Crippen LogP contribution in [0.5, 0.6) is 0 Å². The zero-order valence-corrected chi connectivity index (χ0v) is 16.6. The molecule has 0 saturated heterocycles. The molecule has 1 amide bonds. The molecule has 8 nitrogen and oxygen atoms in total. The van der Waals surface area contributed by atoms with E-state index in [9.17, 15) is 4.79 Å². The monoisotopic (exact) mass is 393 g/mol. The number of nitrogens with zero attached hydrogens (tertiary/aromatic N) is 6. The van der Waals surface area contributed by atoms with Gasteiger partial charge in [-0.25, -0.2) is 5.43 Å². The van der Waals surface area contributed by atoms with Crippen molar-refractivity contribution < 1.29 is 4.79 Å². The Morgan fingerprint density at radius 3 is 2.71 bits per heavy atom. The second-order valence-corrected chi connectivity index (χ2v) is 7.09. The molecule has 0 saturated carbocycles. The number of amides is 1. The van der Waals surface area contributed by atoms with Crippen molar-refractivity contribution >= 4 is 23.9 Å². The number of nitriles is 1. The van der Waals surface area contributed by atoms with Gasteiger partial charge in [0, 0.05) is 36.7 Å². The lowest BCUT2D eigenvalue weighted by Gasteiger charge is -2.03. The quantitative estimate of drug-likeness (QED) is 0.394. The summed E-state index contributed by atoms with van der Waals surface area (Å²) in [7, 11) is 3.71. The first-order valence-corrected chi connectivity index (χ1v) is 9.43. The van der Waals surface area contributed by atoms with Crippen molar-refractivity contribution in [3.8, 4) is 6.07 Å². The van der Waals surface area contributed by atoms with E-state index in [0.29, 0.717) is 11.3 Å². The minimum absolute atomic E-state index is 0.294. The molecule has 142 valence electrons. The molecule has 1 N–H and O–H groups in total. The van der Waals surface area contributed by atoms with Gasteiger partial charge in [-0.15, -0.1) is 10.2 Å². The van der Waals surface area contributed by atoms with Crippen LogP contribution in [-0.2, 0) is 19.8 Å². The van der Waals surface area contributed by atoms with Crippen molar-refractivity contribution in [1.82, 2.24) is 24.8 Å². The zero-order valence-electron chi connectivity index (χ0n) is 15.7. The van der Waals surface area contributed by atoms with E-state index >= 15 is 0 Å². The number of rotatable bonds is 6. The average molecular weight is 393 g/mol. The topological polar surface area (TPSA) is 101 Å². The lowest BCUT2D eigenvalue weighted by atomic mass is 10.1. The Balaban J connectivity index is 1.57. The Hall–Kier alpha value is -3.38. The smallest absolute Gasteiger partial charge is 0.271 e. The van der Waals surface area contributed by atoms with Gasteiger partial charge < -0.3 is 9.13 Å². The van der Waals surface area contributed by atoms with E-state index in [0.717, 1.165) is 27.7 Å². The number of carbonyl (C=O) groups excluding carboxylic acids is 1. The van der Waals surface area contributed by atoms with Crippen molar-refractivity contribution in [3.05, 3.63) is 64.7 Å². The molecule has 3 aromatic rings. The van der Waals surface area contributed by atoms with E-state index in [1.807, 2.05) is 37.7 Å². The minimum Gasteiger partial charge on any atom is -0.339 e. The number of thioether (sulfide) groups is 1. The van der Waals surface area contributed by atoms with Gasteiger partial charge in [-0.1, -0.05) is 23.9 Å². The van der Waals surface area contributed by atoms with Crippen LogP contribution >= 0.6 is 11.8 Å². The highest BCUT2D eigenvalue weighted by atomic mass is 32.2. The molecule has 0 aliphatic rings. The Labute approximate surface area is 166 Å². The molecule has 3 rings (SSSR count). The van der Waals surface area contributed by atoms with Gasteiger partial charge in [0.1, 0.15) is 18.1 Å². The van der Waals surface area contributed by atoms with Gasteiger partial charge in [-0.05, 0) is 30.7 Å². The summed E-state index contributed by atoms with van der Waals surface area (Å²) in [6.07, 6.45) is 3.20. The van der Waals surface area contributed by atoms with Crippen LogP contribution in [0.3, 0.4) is 0 Å². The highest BCUT2D eigenvalue weighted by Gasteiger charge is 2.08. The van der Waals surface area contributed by atoms with E-state index in [1.165, 1.54) is 0 Å². The molecule has 0 aliphatic heterocycles. The molecule has 0 atom stereocenters. The van der Waals surface area contributed by atoms with Crippen molar-refractivity contribution in [2.75, 3.05) is 0 Å². The third-order valence-corrected chi connectivity index (χ3v) is 5.42. The number of aromatic nitrogens is 4. The molecule has 0 radical (unpaired) electrons. The van der Waals surface area contributed by atoms with Crippen LogP contribution in [0.25, 0.3) is 0 Å². The number of benzene rings is 1. The van der Waals surface area contributed by atoms with Gasteiger partial charge in [-0.3, -0.25) is 4.79 Å². The molecule has 9 heteroatoms. The molecule has 0 bridgehead atoms. The predicted octanol–water partition coefficient (Wildman–Crippen LogP) is 2.39. The van der Waals surface area contributed by atoms with Crippen molar-refractivity contribution in [1.29, 1.82) is 5.26 Å². The van der Waals surface area contributed by atoms with Gasteiger partial charge in [-0.2, -0.15) is 10.4 Å². The number of nitrogens with one attached hydrogen (secondary N) is 1. The molecule has 0 aliphatic carbocycles. The van der Waals surface area contributed by atoms with Crippen LogP contribution in [0.15, 0.2) is 46.9 Å². The number of aryl methyl sites for hydroxylation is 1. The fraction of sp³-hybridized carbons (Fsp3) is 0.211. The third-order valence-electron chi connectivity index (χ3n) is 4.31. The first-order valence-electron chi connectivity index (χ1n) is 8.45. The third kappa shape index (κ3) is 4.29. The lowest BCUT2D eigenvalue weighted by molar-refractivity contribution is 0.0955. The van der Waals surface area contributed by atoms with Gasteiger partial charge >= 0.3 is 0 Å². The molecule has 2 heterocycles. The largest absolute Gasteiger partial charge is 0.339 e. The first-order chi connectivity index (χ1) is 13.5. The molecule has 0 spiro atoms. The summed E-state index contributed by atoms with van der Waals surface area (Å²) < 4.78 is 3.64. The Morgan fingerprint density at radius 2 is 2.11 bits per heavy atom. The summed E-state index contributed by atoms with van der Waals surface area (Å²) in [5.41, 5.74) is 6.35. The second kappa shape index (κ2) is 8.54.